The molecule has 0 saturated heterocycles. The molecular formula is C13H18N4O2S2. The number of hydrogen-bond donors (Lipinski definition) is 2. The molecule has 0 atom stereocenters. The first-order valence-electron chi connectivity index (χ1n) is 6.49. The lowest BCUT2D eigenvalue weighted by atomic mass is 10.1. The summed E-state index contributed by atoms with van der Waals surface area (Å²) in [5.74, 6) is 0.440. The van der Waals surface area contributed by atoms with Crippen LogP contribution >= 0.6 is 11.3 Å². The highest BCUT2D eigenvalue weighted by atomic mass is 32.2. The molecule has 6 nitrogen and oxygen atoms in total. The Balaban J connectivity index is 2.23. The molecule has 0 aliphatic heterocycles. The number of nitrogen functional groups attached to an aromatic ring is 1. The Labute approximate surface area is 128 Å². The molecule has 1 aromatic heterocycles. The van der Waals surface area contributed by atoms with Crippen molar-refractivity contribution < 1.29 is 8.42 Å². The quantitative estimate of drug-likeness (QED) is 0.822. The van der Waals surface area contributed by atoms with Crippen LogP contribution in [0.2, 0.25) is 0 Å². The summed E-state index contributed by atoms with van der Waals surface area (Å²) in [6.07, 6.45) is 0.770. The van der Waals surface area contributed by atoms with E-state index < -0.39 is 10.0 Å². The third-order valence-corrected chi connectivity index (χ3v) is 5.13. The van der Waals surface area contributed by atoms with Crippen molar-refractivity contribution >= 4 is 32.2 Å². The molecule has 0 unspecified atom stereocenters. The molecule has 114 valence electrons. The summed E-state index contributed by atoms with van der Waals surface area (Å²) in [6.45, 7) is 5.99. The van der Waals surface area contributed by atoms with Gasteiger partial charge in [-0.05, 0) is 30.5 Å². The van der Waals surface area contributed by atoms with Gasteiger partial charge in [0.2, 0.25) is 5.13 Å². The van der Waals surface area contributed by atoms with Gasteiger partial charge in [0.05, 0.1) is 5.69 Å². The van der Waals surface area contributed by atoms with E-state index in [1.165, 1.54) is 17.4 Å². The van der Waals surface area contributed by atoms with Crippen molar-refractivity contribution in [1.82, 2.24) is 10.2 Å². The van der Waals surface area contributed by atoms with Crippen LogP contribution in [-0.2, 0) is 16.4 Å². The number of hydrogen-bond acceptors (Lipinski definition) is 6. The topological polar surface area (TPSA) is 98.0 Å². The van der Waals surface area contributed by atoms with Crippen LogP contribution in [0, 0.1) is 12.8 Å². The molecule has 3 N–H and O–H groups in total. The zero-order valence-corrected chi connectivity index (χ0v) is 13.8. The lowest BCUT2D eigenvalue weighted by molar-refractivity contribution is 0.601. The molecule has 1 heterocycles. The van der Waals surface area contributed by atoms with E-state index in [2.05, 4.69) is 28.8 Å². The van der Waals surface area contributed by atoms with E-state index >= 15 is 0 Å². The van der Waals surface area contributed by atoms with Gasteiger partial charge in [0.15, 0.2) is 0 Å². The van der Waals surface area contributed by atoms with E-state index in [-0.39, 0.29) is 15.7 Å². The molecule has 21 heavy (non-hydrogen) atoms. The summed E-state index contributed by atoms with van der Waals surface area (Å²) in [5.41, 5.74) is 6.90. The minimum Gasteiger partial charge on any atom is -0.398 e. The van der Waals surface area contributed by atoms with E-state index in [9.17, 15) is 8.42 Å². The van der Waals surface area contributed by atoms with Crippen LogP contribution in [0.3, 0.4) is 0 Å². The molecule has 0 fully saturated rings. The second-order valence-corrected chi connectivity index (χ2v) is 7.96. The summed E-state index contributed by atoms with van der Waals surface area (Å²) >= 11 is 1.24. The maximum Gasteiger partial charge on any atom is 0.265 e. The largest absolute Gasteiger partial charge is 0.398 e. The van der Waals surface area contributed by atoms with Crippen molar-refractivity contribution in [1.29, 1.82) is 0 Å². The van der Waals surface area contributed by atoms with Gasteiger partial charge in [0.1, 0.15) is 9.90 Å². The molecule has 8 heteroatoms. The first-order chi connectivity index (χ1) is 9.78. The Morgan fingerprint density at radius 3 is 2.67 bits per heavy atom. The number of aromatic nitrogens is 2. The van der Waals surface area contributed by atoms with Crippen molar-refractivity contribution in [2.45, 2.75) is 32.1 Å². The van der Waals surface area contributed by atoms with Crippen molar-refractivity contribution in [3.8, 4) is 0 Å². The van der Waals surface area contributed by atoms with E-state index in [0.717, 1.165) is 17.0 Å². The fourth-order valence-electron chi connectivity index (χ4n) is 1.81. The molecular weight excluding hydrogens is 308 g/mol. The number of nitrogens with zero attached hydrogens (tertiary/aromatic N) is 2. The molecule has 0 amide bonds. The normalized spacial score (nSPS) is 11.8. The summed E-state index contributed by atoms with van der Waals surface area (Å²) in [4.78, 5) is 0.0497. The maximum atomic E-state index is 12.3. The lowest BCUT2D eigenvalue weighted by Gasteiger charge is -2.08. The third-order valence-electron chi connectivity index (χ3n) is 2.73. The minimum atomic E-state index is -3.74. The van der Waals surface area contributed by atoms with Gasteiger partial charge in [-0.1, -0.05) is 31.3 Å². The minimum absolute atomic E-state index is 0.0497. The number of sulfonamides is 1. The average molecular weight is 326 g/mol. The van der Waals surface area contributed by atoms with Crippen LogP contribution in [0.15, 0.2) is 23.1 Å². The van der Waals surface area contributed by atoms with E-state index in [4.69, 9.17) is 5.73 Å². The van der Waals surface area contributed by atoms with Crippen LogP contribution in [0.1, 0.15) is 24.4 Å². The number of nitrogens with two attached hydrogens (primary N) is 1. The SMILES string of the molecule is Cc1ccc(S(=O)(=O)Nc2nnc(CC(C)C)s2)c(N)c1. The maximum absolute atomic E-state index is 12.3. The summed E-state index contributed by atoms with van der Waals surface area (Å²) in [7, 11) is -3.74. The molecule has 0 bridgehead atoms. The molecule has 2 aromatic rings. The molecule has 0 saturated carbocycles. The fourth-order valence-corrected chi connectivity index (χ4v) is 4.11. The van der Waals surface area contributed by atoms with Crippen LogP contribution in [0.25, 0.3) is 0 Å². The number of aryl methyl sites for hydroxylation is 1. The molecule has 0 spiro atoms. The van der Waals surface area contributed by atoms with Crippen LogP contribution < -0.4 is 10.5 Å². The van der Waals surface area contributed by atoms with Crippen LogP contribution in [0.4, 0.5) is 10.8 Å². The molecule has 0 radical (unpaired) electrons. The highest BCUT2D eigenvalue weighted by molar-refractivity contribution is 7.93. The second-order valence-electron chi connectivity index (χ2n) is 5.25. The van der Waals surface area contributed by atoms with E-state index in [1.54, 1.807) is 12.1 Å². The number of rotatable bonds is 5. The van der Waals surface area contributed by atoms with Gasteiger partial charge < -0.3 is 5.73 Å². The zero-order valence-electron chi connectivity index (χ0n) is 12.1. The molecule has 1 aromatic carbocycles. The predicted molar refractivity (Wildman–Crippen MR) is 84.9 cm³/mol. The van der Waals surface area contributed by atoms with Gasteiger partial charge in [-0.2, -0.15) is 0 Å². The van der Waals surface area contributed by atoms with Crippen molar-refractivity contribution in [3.05, 3.63) is 28.8 Å². The van der Waals surface area contributed by atoms with E-state index in [1.807, 2.05) is 6.92 Å². The first-order valence-corrected chi connectivity index (χ1v) is 8.79. The van der Waals surface area contributed by atoms with Gasteiger partial charge in [-0.25, -0.2) is 8.42 Å². The number of nitrogens with one attached hydrogen (secondary N) is 1. The van der Waals surface area contributed by atoms with Crippen molar-refractivity contribution in [2.75, 3.05) is 10.5 Å². The van der Waals surface area contributed by atoms with Crippen LogP contribution in [-0.4, -0.2) is 18.6 Å². The molecule has 0 aliphatic rings. The molecule has 0 aliphatic carbocycles. The van der Waals surface area contributed by atoms with Gasteiger partial charge in [-0.15, -0.1) is 10.2 Å². The number of anilines is 2. The Bertz CT molecular complexity index is 738. The standard InChI is InChI=1S/C13H18N4O2S2/c1-8(2)6-12-15-16-13(20-12)17-21(18,19)11-5-4-9(3)7-10(11)14/h4-5,7-8H,6,14H2,1-3H3,(H,16,17). The lowest BCUT2D eigenvalue weighted by Crippen LogP contribution is -2.14. The Kier molecular flexibility index (Phi) is 4.48. The van der Waals surface area contributed by atoms with Gasteiger partial charge in [-0.3, -0.25) is 4.72 Å². The van der Waals surface area contributed by atoms with Crippen LogP contribution in [0.5, 0.6) is 0 Å². The van der Waals surface area contributed by atoms with Gasteiger partial charge >= 0.3 is 0 Å². The average Bonchev–Trinajstić information content (AvgIpc) is 2.73. The van der Waals surface area contributed by atoms with Crippen molar-refractivity contribution in [3.63, 3.8) is 0 Å². The Morgan fingerprint density at radius 1 is 1.33 bits per heavy atom. The monoisotopic (exact) mass is 326 g/mol. The van der Waals surface area contributed by atoms with Gasteiger partial charge in [0.25, 0.3) is 10.0 Å². The fraction of sp³-hybridized carbons (Fsp3) is 0.385. The third kappa shape index (κ3) is 3.92. The Morgan fingerprint density at radius 2 is 2.05 bits per heavy atom. The summed E-state index contributed by atoms with van der Waals surface area (Å²) in [5, 5.41) is 8.91. The summed E-state index contributed by atoms with van der Waals surface area (Å²) < 4.78 is 27.1. The smallest absolute Gasteiger partial charge is 0.265 e. The number of benzene rings is 1. The highest BCUT2D eigenvalue weighted by Crippen LogP contribution is 2.25. The van der Waals surface area contributed by atoms with Gasteiger partial charge in [0, 0.05) is 6.42 Å². The summed E-state index contributed by atoms with van der Waals surface area (Å²) in [6, 6.07) is 4.82. The zero-order chi connectivity index (χ0) is 15.6. The van der Waals surface area contributed by atoms with Crippen molar-refractivity contribution in [2.24, 2.45) is 5.92 Å². The Hall–Kier alpha value is -1.67. The first kappa shape index (κ1) is 15.7. The highest BCUT2D eigenvalue weighted by Gasteiger charge is 2.19. The molecule has 2 rings (SSSR count). The van der Waals surface area contributed by atoms with E-state index in [0.29, 0.717) is 5.92 Å². The predicted octanol–water partition coefficient (Wildman–Crippen LogP) is 2.43. The second kappa shape index (κ2) is 5.98.